The van der Waals surface area contributed by atoms with Crippen LogP contribution in [0.15, 0.2) is 291 Å². The average Bonchev–Trinajstić information content (AvgIpc) is 4.30. The molecule has 77 heavy (non-hydrogen) atoms. The summed E-state index contributed by atoms with van der Waals surface area (Å²) in [7, 11) is -13.6. The third-order valence-corrected chi connectivity index (χ3v) is 20.6. The summed E-state index contributed by atoms with van der Waals surface area (Å²) in [5, 5.41) is 9.72. The zero-order valence-corrected chi connectivity index (χ0v) is 49.0. The fourth-order valence-electron chi connectivity index (χ4n) is 7.79. The quantitative estimate of drug-likeness (QED) is 0.0376. The predicted molar refractivity (Wildman–Crippen MR) is 308 cm³/mol. The average molecular weight is 1320 g/mol. The van der Waals surface area contributed by atoms with Crippen LogP contribution >= 0.6 is 37.7 Å². The van der Waals surface area contributed by atoms with Gasteiger partial charge in [0.25, 0.3) is 0 Å². The minimum absolute atomic E-state index is 0. The molecule has 405 valence electrons. The van der Waals surface area contributed by atoms with Crippen molar-refractivity contribution in [1.29, 1.82) is 0 Å². The van der Waals surface area contributed by atoms with Crippen molar-refractivity contribution in [3.05, 3.63) is 302 Å². The van der Waals surface area contributed by atoms with Gasteiger partial charge in [-0.05, 0) is 72.8 Å². The fourth-order valence-corrected chi connectivity index (χ4v) is 17.0. The van der Waals surface area contributed by atoms with Crippen LogP contribution in [-0.4, -0.2) is 25.2 Å². The Balaban J connectivity index is 0.000000359. The summed E-state index contributed by atoms with van der Waals surface area (Å²) in [6.07, 6.45) is 2.11. The second-order valence-electron chi connectivity index (χ2n) is 15.8. The summed E-state index contributed by atoms with van der Waals surface area (Å²) in [5.41, 5.74) is 2.81. The molecule has 0 saturated heterocycles. The standard InChI is InChI=1S/2C24H21P.2C5H5.C2H4Cl3.2BF4.2Ru/c2*1-4-14-22(15-5-1)25(20-21-12-10-11-13-21,23-16-6-2-7-17-23)24-18-8-3-9-19-24;2*1-2-4-5-3-1;3-1-5-2-4;2*2-1(3,4)5;;/h2*1-19H,20H2;2*1-5H;1-2H2;;;;/q;;2*-1;+1;2*-1;+1;+2. The molecular weight excluding hydrogens is 1260 g/mol. The molecule has 0 atom stereocenters. The van der Waals surface area contributed by atoms with Crippen LogP contribution in [0.25, 0.3) is 0 Å². The van der Waals surface area contributed by atoms with Gasteiger partial charge in [-0.15, -0.1) is 11.1 Å². The first-order valence-corrected chi connectivity index (χ1v) is 29.5. The third-order valence-electron chi connectivity index (χ3n) is 10.7. The fraction of sp³-hybridized carbons (Fsp3) is 0.0667. The van der Waals surface area contributed by atoms with Gasteiger partial charge in [0.1, 0.15) is 46.4 Å². The van der Waals surface area contributed by atoms with Crippen molar-refractivity contribution in [1.82, 2.24) is 0 Å². The molecule has 0 aliphatic carbocycles. The molecule has 0 amide bonds. The summed E-state index contributed by atoms with van der Waals surface area (Å²) in [4.78, 5) is 0. The molecule has 0 aromatic heterocycles. The van der Waals surface area contributed by atoms with Crippen LogP contribution in [0.1, 0.15) is 11.1 Å². The summed E-state index contributed by atoms with van der Waals surface area (Å²) in [6, 6.07) is 104. The molecule has 10 aromatic rings. The zero-order chi connectivity index (χ0) is 54.1. The van der Waals surface area contributed by atoms with E-state index in [9.17, 15) is 34.5 Å². The topological polar surface area (TPSA) is 0 Å². The normalized spacial score (nSPS) is 10.5. The van der Waals surface area contributed by atoms with Crippen molar-refractivity contribution in [2.75, 3.05) is 10.7 Å². The van der Waals surface area contributed by atoms with E-state index in [1.807, 2.05) is 71.5 Å². The summed E-state index contributed by atoms with van der Waals surface area (Å²) < 4.78 is 78.0. The minimum atomic E-state index is -6.00. The van der Waals surface area contributed by atoms with Crippen LogP contribution in [0.2, 0.25) is 0 Å². The van der Waals surface area contributed by atoms with Crippen molar-refractivity contribution < 1.29 is 84.3 Å². The molecule has 17 heteroatoms. The maximum Gasteiger partial charge on any atom is 2.00 e. The van der Waals surface area contributed by atoms with Crippen molar-refractivity contribution >= 4 is 84.1 Å². The van der Waals surface area contributed by atoms with Gasteiger partial charge in [-0.3, -0.25) is 0 Å². The van der Waals surface area contributed by atoms with Gasteiger partial charge in [0.2, 0.25) is 10.7 Å². The summed E-state index contributed by atoms with van der Waals surface area (Å²) in [5.74, 6) is 0. The summed E-state index contributed by atoms with van der Waals surface area (Å²) in [6.45, 7) is 0. The molecule has 0 bridgehead atoms. The second-order valence-corrected chi connectivity index (χ2v) is 24.8. The Labute approximate surface area is 489 Å². The van der Waals surface area contributed by atoms with Gasteiger partial charge < -0.3 is 34.5 Å². The van der Waals surface area contributed by atoms with Crippen LogP contribution in [0.5, 0.6) is 0 Å². The Morgan fingerprint density at radius 3 is 0.662 bits per heavy atom. The van der Waals surface area contributed by atoms with E-state index in [2.05, 4.69) is 231 Å². The van der Waals surface area contributed by atoms with E-state index in [-0.39, 0.29) is 39.0 Å². The van der Waals surface area contributed by atoms with E-state index >= 15 is 0 Å². The third kappa shape index (κ3) is 25.7. The maximum absolute atomic E-state index is 9.75. The number of hydrogen-bond donors (Lipinski definition) is 0. The summed E-state index contributed by atoms with van der Waals surface area (Å²) >= 11 is 10.3. The van der Waals surface area contributed by atoms with E-state index in [1.165, 1.54) is 43.0 Å². The molecule has 1 radical (unpaired) electrons. The zero-order valence-electron chi connectivity index (χ0n) is 41.5. The second kappa shape index (κ2) is 38.0. The molecule has 0 N–H and O–H groups in total. The van der Waals surface area contributed by atoms with Crippen LogP contribution < -0.4 is 31.8 Å². The Bertz CT molecular complexity index is 2420. The Hall–Kier alpha value is -4.73. The Kier molecular flexibility index (Phi) is 33.7. The first kappa shape index (κ1) is 68.4. The predicted octanol–water partition coefficient (Wildman–Crippen LogP) is 16.7. The smallest absolute Gasteiger partial charge is 0.418 e. The number of benzene rings is 6. The molecular formula is C60H56B2Cl3F8P2Ru2. The van der Waals surface area contributed by atoms with Gasteiger partial charge >= 0.3 is 53.5 Å². The number of halogens is 11. The SMILES string of the molecule is ClC[Cl+]CCl.F[B-](F)(F)F.F[B-](F)(F)F.[Ru+2].[Ru+].c1cc[cH-]c1.c1cc[cH-]c1.c1ccc([P+](Cc2ccc[cH-]2)(c2ccccc2)c2ccccc2)cc1.c1ccc([P+](Cc2ccc[cH-]2)(c2ccccc2)c2ccccc2)cc1. The van der Waals surface area contributed by atoms with Gasteiger partial charge in [0, 0.05) is 0 Å². The Morgan fingerprint density at radius 1 is 0.325 bits per heavy atom. The van der Waals surface area contributed by atoms with Crippen LogP contribution in [0.4, 0.5) is 34.5 Å². The van der Waals surface area contributed by atoms with E-state index in [0.29, 0.717) is 10.7 Å². The van der Waals surface area contributed by atoms with E-state index in [1.54, 1.807) is 0 Å². The number of alkyl halides is 4. The van der Waals surface area contributed by atoms with Gasteiger partial charge in [-0.2, -0.15) is 60.7 Å². The first-order chi connectivity index (χ1) is 36.2. The van der Waals surface area contributed by atoms with Crippen LogP contribution in [0.3, 0.4) is 0 Å². The molecule has 0 unspecified atom stereocenters. The molecule has 0 aliphatic rings. The number of rotatable bonds is 12. The monoisotopic (exact) mass is 1320 g/mol. The maximum atomic E-state index is 9.75. The molecule has 0 spiro atoms. The van der Waals surface area contributed by atoms with E-state index in [4.69, 9.17) is 23.2 Å². The van der Waals surface area contributed by atoms with Crippen molar-refractivity contribution in [2.24, 2.45) is 0 Å². The molecule has 0 saturated carbocycles. The van der Waals surface area contributed by atoms with Gasteiger partial charge in [0.15, 0.2) is 10.8 Å². The Morgan fingerprint density at radius 2 is 0.532 bits per heavy atom. The van der Waals surface area contributed by atoms with Gasteiger partial charge in [0.05, 0.1) is 12.3 Å². The van der Waals surface area contributed by atoms with Crippen LogP contribution in [0, 0.1) is 10.8 Å². The van der Waals surface area contributed by atoms with Gasteiger partial charge in [-0.1, -0.05) is 132 Å². The molecule has 0 nitrogen and oxygen atoms in total. The minimum Gasteiger partial charge on any atom is -0.418 e. The van der Waals surface area contributed by atoms with Crippen molar-refractivity contribution in [3.8, 4) is 0 Å². The van der Waals surface area contributed by atoms with E-state index in [0.717, 1.165) is 12.3 Å². The molecule has 0 aliphatic heterocycles. The largest absolute Gasteiger partial charge is 2.00 e. The van der Waals surface area contributed by atoms with Crippen molar-refractivity contribution in [2.45, 2.75) is 12.3 Å². The molecule has 0 fully saturated rings. The molecule has 10 aromatic carbocycles. The molecule has 10 rings (SSSR count). The van der Waals surface area contributed by atoms with Crippen molar-refractivity contribution in [3.63, 3.8) is 0 Å². The van der Waals surface area contributed by atoms with Gasteiger partial charge in [-0.25, -0.2) is 48.5 Å². The van der Waals surface area contributed by atoms with Crippen LogP contribution in [-0.2, 0) is 51.3 Å². The number of hydrogen-bond acceptors (Lipinski definition) is 0. The van der Waals surface area contributed by atoms with E-state index < -0.39 is 29.0 Å². The first-order valence-electron chi connectivity index (χ1n) is 23.4. The molecule has 0 heterocycles.